The van der Waals surface area contributed by atoms with Crippen LogP contribution in [0.15, 0.2) is 24.3 Å². The minimum Gasteiger partial charge on any atom is -0.386 e. The topological polar surface area (TPSA) is 88.2 Å². The second-order valence-electron chi connectivity index (χ2n) is 9.24. The molecule has 3 rings (SSSR count). The van der Waals surface area contributed by atoms with E-state index in [0.717, 1.165) is 38.4 Å². The summed E-state index contributed by atoms with van der Waals surface area (Å²) in [6.07, 6.45) is 15.6. The van der Waals surface area contributed by atoms with Gasteiger partial charge in [-0.1, -0.05) is 50.7 Å². The molecule has 0 aliphatic heterocycles. The minimum atomic E-state index is -0.587. The smallest absolute Gasteiger partial charge is 0.252 e. The molecule has 31 heavy (non-hydrogen) atoms. The minimum absolute atomic E-state index is 0. The third-order valence-corrected chi connectivity index (χ3v) is 6.67. The van der Waals surface area contributed by atoms with Gasteiger partial charge in [0.05, 0.1) is 5.54 Å². The van der Waals surface area contributed by atoms with Crippen LogP contribution >= 0.6 is 12.4 Å². The molecule has 174 valence electrons. The highest BCUT2D eigenvalue weighted by Gasteiger charge is 2.47. The number of ether oxygens (including phenoxy) is 1. The van der Waals surface area contributed by atoms with Crippen LogP contribution < -0.4 is 11.1 Å². The maximum Gasteiger partial charge on any atom is 0.252 e. The van der Waals surface area contributed by atoms with E-state index in [1.165, 1.54) is 69.8 Å². The highest BCUT2D eigenvalue weighted by molar-refractivity contribution is 6.01. The monoisotopic (exact) mass is 449 g/mol. The summed E-state index contributed by atoms with van der Waals surface area (Å²) in [6.45, 7) is 1.90. The zero-order valence-corrected chi connectivity index (χ0v) is 19.6. The molecule has 0 aromatic heterocycles. The molecule has 2 aliphatic rings. The Kier molecular flexibility index (Phi) is 10.8. The predicted molar refractivity (Wildman–Crippen MR) is 129 cm³/mol. The number of nitrogens with two attached hydrogens (primary N) is 1. The summed E-state index contributed by atoms with van der Waals surface area (Å²) in [4.78, 5) is 12.3. The van der Waals surface area contributed by atoms with E-state index in [2.05, 4.69) is 5.32 Å². The van der Waals surface area contributed by atoms with Gasteiger partial charge in [-0.15, -0.1) is 12.4 Å². The molecule has 0 heterocycles. The first-order valence-corrected chi connectivity index (χ1v) is 11.9. The van der Waals surface area contributed by atoms with Crippen molar-refractivity contribution in [3.05, 3.63) is 35.4 Å². The van der Waals surface area contributed by atoms with E-state index in [4.69, 9.17) is 15.9 Å². The van der Waals surface area contributed by atoms with E-state index in [1.54, 1.807) is 0 Å². The molecule has 0 radical (unpaired) electrons. The first kappa shape index (κ1) is 25.7. The molecule has 0 atom stereocenters. The first-order valence-electron chi connectivity index (χ1n) is 11.9. The second-order valence-corrected chi connectivity index (χ2v) is 9.24. The van der Waals surface area contributed by atoms with Crippen molar-refractivity contribution in [1.82, 2.24) is 5.32 Å². The van der Waals surface area contributed by atoms with Crippen LogP contribution in [0.25, 0.3) is 0 Å². The summed E-state index contributed by atoms with van der Waals surface area (Å²) in [5.74, 6) is 0.739. The van der Waals surface area contributed by atoms with Gasteiger partial charge in [-0.25, -0.2) is 0 Å². The Morgan fingerprint density at radius 1 is 1.03 bits per heavy atom. The number of unbranched alkanes of at least 4 members (excludes halogenated alkanes) is 4. The summed E-state index contributed by atoms with van der Waals surface area (Å²) in [6, 6.07) is 7.85. The molecule has 0 bridgehead atoms. The molecule has 0 unspecified atom stereocenters. The molecule has 0 spiro atoms. The van der Waals surface area contributed by atoms with Gasteiger partial charge < -0.3 is 15.8 Å². The van der Waals surface area contributed by atoms with E-state index in [1.807, 2.05) is 24.3 Å². The Bertz CT molecular complexity index is 683. The lowest BCUT2D eigenvalue weighted by molar-refractivity contribution is 0.0824. The number of hydrogen-bond donors (Lipinski definition) is 3. The van der Waals surface area contributed by atoms with Crippen molar-refractivity contribution >= 4 is 24.1 Å². The van der Waals surface area contributed by atoms with E-state index in [0.29, 0.717) is 5.56 Å². The number of halogens is 1. The van der Waals surface area contributed by atoms with Gasteiger partial charge in [-0.05, 0) is 68.6 Å². The summed E-state index contributed by atoms with van der Waals surface area (Å²) in [7, 11) is 0. The van der Waals surface area contributed by atoms with Crippen molar-refractivity contribution in [2.24, 2.45) is 11.7 Å². The molecule has 5 nitrogen and oxygen atoms in total. The molecule has 6 heteroatoms. The van der Waals surface area contributed by atoms with E-state index >= 15 is 0 Å². The van der Waals surface area contributed by atoms with Crippen LogP contribution in [-0.2, 0) is 11.2 Å². The lowest BCUT2D eigenvalue weighted by atomic mass is 9.90. The quantitative estimate of drug-likeness (QED) is 0.214. The van der Waals surface area contributed by atoms with Crippen molar-refractivity contribution < 1.29 is 9.53 Å². The average Bonchev–Trinajstić information content (AvgIpc) is 3.54. The maximum atomic E-state index is 12.3. The fourth-order valence-electron chi connectivity index (χ4n) is 4.37. The Morgan fingerprint density at radius 2 is 1.68 bits per heavy atom. The van der Waals surface area contributed by atoms with Gasteiger partial charge in [-0.3, -0.25) is 10.2 Å². The maximum absolute atomic E-state index is 12.3. The number of amides is 1. The van der Waals surface area contributed by atoms with Gasteiger partial charge in [0.2, 0.25) is 0 Å². The van der Waals surface area contributed by atoms with E-state index in [9.17, 15) is 4.79 Å². The Labute approximate surface area is 193 Å². The normalized spacial score (nSPS) is 17.5. The lowest BCUT2D eigenvalue weighted by Gasteiger charge is -2.21. The molecule has 1 aromatic carbocycles. The highest BCUT2D eigenvalue weighted by Crippen LogP contribution is 2.35. The summed E-state index contributed by atoms with van der Waals surface area (Å²) >= 11 is 0. The average molecular weight is 450 g/mol. The number of nitrogens with one attached hydrogen (secondary N) is 2. The van der Waals surface area contributed by atoms with Crippen molar-refractivity contribution in [1.29, 1.82) is 5.41 Å². The Balaban J connectivity index is 0.00000341. The van der Waals surface area contributed by atoms with Crippen LogP contribution in [-0.4, -0.2) is 30.5 Å². The fourth-order valence-corrected chi connectivity index (χ4v) is 4.37. The van der Waals surface area contributed by atoms with Crippen molar-refractivity contribution in [3.8, 4) is 0 Å². The van der Waals surface area contributed by atoms with Crippen LogP contribution in [0, 0.1) is 11.3 Å². The SMILES string of the molecule is Cl.N=C(N)C1(NC(=O)c2ccc(CCCCCCCOCC3CCCCC3)cc2)CC1. The molecule has 1 aromatic rings. The number of rotatable bonds is 13. The van der Waals surface area contributed by atoms with Gasteiger partial charge in [0.25, 0.3) is 5.91 Å². The number of hydrogen-bond acceptors (Lipinski definition) is 3. The van der Waals surface area contributed by atoms with Crippen molar-refractivity contribution in [2.45, 2.75) is 89.0 Å². The van der Waals surface area contributed by atoms with Crippen LogP contribution in [0.1, 0.15) is 93.0 Å². The van der Waals surface area contributed by atoms with E-state index in [-0.39, 0.29) is 24.1 Å². The second kappa shape index (κ2) is 13.1. The molecule has 2 aliphatic carbocycles. The number of aryl methyl sites for hydroxylation is 1. The van der Waals surface area contributed by atoms with Gasteiger partial charge in [0.1, 0.15) is 5.84 Å². The standard InChI is InChI=1S/C25H39N3O2.ClH/c26-24(27)25(16-17-25)28-23(29)22-14-12-20(13-15-22)9-5-2-1-3-8-18-30-19-21-10-6-4-7-11-21;/h12-15,21H,1-11,16-19H2,(H3,26,27)(H,28,29);1H. The summed E-state index contributed by atoms with van der Waals surface area (Å²) in [5, 5.41) is 10.5. The van der Waals surface area contributed by atoms with Crippen LogP contribution in [0.4, 0.5) is 0 Å². The zero-order chi connectivity index (χ0) is 21.2. The van der Waals surface area contributed by atoms with Gasteiger partial charge >= 0.3 is 0 Å². The summed E-state index contributed by atoms with van der Waals surface area (Å²) in [5.41, 5.74) is 6.91. The fraction of sp³-hybridized carbons (Fsp3) is 0.680. The predicted octanol–water partition coefficient (Wildman–Crippen LogP) is 5.40. The third-order valence-electron chi connectivity index (χ3n) is 6.67. The molecule has 1 amide bonds. The van der Waals surface area contributed by atoms with Crippen molar-refractivity contribution in [3.63, 3.8) is 0 Å². The largest absolute Gasteiger partial charge is 0.386 e. The number of benzene rings is 1. The Hall–Kier alpha value is -1.59. The number of carbonyl (C=O) groups excluding carboxylic acids is 1. The lowest BCUT2D eigenvalue weighted by Crippen LogP contribution is -2.46. The molecule has 2 saturated carbocycles. The van der Waals surface area contributed by atoms with E-state index < -0.39 is 5.54 Å². The zero-order valence-electron chi connectivity index (χ0n) is 18.8. The van der Waals surface area contributed by atoms with Gasteiger partial charge in [0, 0.05) is 18.8 Å². The van der Waals surface area contributed by atoms with Gasteiger partial charge in [0.15, 0.2) is 0 Å². The Morgan fingerprint density at radius 3 is 2.32 bits per heavy atom. The van der Waals surface area contributed by atoms with Crippen molar-refractivity contribution in [2.75, 3.05) is 13.2 Å². The highest BCUT2D eigenvalue weighted by atomic mass is 35.5. The molecule has 4 N–H and O–H groups in total. The van der Waals surface area contributed by atoms with Crippen LogP contribution in [0.2, 0.25) is 0 Å². The molecular formula is C25H40ClN3O2. The van der Waals surface area contributed by atoms with Crippen LogP contribution in [0.3, 0.4) is 0 Å². The first-order chi connectivity index (χ1) is 14.6. The van der Waals surface area contributed by atoms with Crippen LogP contribution in [0.5, 0.6) is 0 Å². The number of carbonyl (C=O) groups is 1. The molecule has 0 saturated heterocycles. The molecule has 2 fully saturated rings. The third kappa shape index (κ3) is 8.46. The summed E-state index contributed by atoms with van der Waals surface area (Å²) < 4.78 is 5.88. The van der Waals surface area contributed by atoms with Gasteiger partial charge in [-0.2, -0.15) is 0 Å². The number of amidine groups is 1. The molecular weight excluding hydrogens is 410 g/mol.